The Balaban J connectivity index is 2.83. The maximum Gasteiger partial charge on any atom is 0.326 e. The van der Waals surface area contributed by atoms with Crippen LogP contribution in [0.25, 0.3) is 0 Å². The molecular weight excluding hydrogens is 236 g/mol. The van der Waals surface area contributed by atoms with Gasteiger partial charge in [0.2, 0.25) is 5.88 Å². The molecule has 18 heavy (non-hydrogen) atoms. The molecule has 98 valence electrons. The summed E-state index contributed by atoms with van der Waals surface area (Å²) < 4.78 is 4.95. The molecule has 1 amide bonds. The zero-order valence-electron chi connectivity index (χ0n) is 10.3. The minimum absolute atomic E-state index is 0.177. The number of aromatic nitrogens is 1. The number of nitrogens with one attached hydrogen (secondary N) is 1. The summed E-state index contributed by atoms with van der Waals surface area (Å²) in [4.78, 5) is 26.8. The van der Waals surface area contributed by atoms with E-state index >= 15 is 0 Å². The molecule has 0 spiro atoms. The number of hydrogen-bond donors (Lipinski definition) is 2. The molecule has 1 atom stereocenters. The summed E-state index contributed by atoms with van der Waals surface area (Å²) in [5.41, 5.74) is 0.224. The predicted octanol–water partition coefficient (Wildman–Crippen LogP) is 1.07. The number of carbonyl (C=O) groups excluding carboxylic acids is 1. The maximum absolute atomic E-state index is 11.9. The zero-order chi connectivity index (χ0) is 13.5. The number of aliphatic carboxylic acids is 1. The third kappa shape index (κ3) is 3.44. The fourth-order valence-electron chi connectivity index (χ4n) is 1.51. The van der Waals surface area contributed by atoms with Gasteiger partial charge in [0, 0.05) is 6.20 Å². The number of ether oxygens (including phenoxy) is 1. The highest BCUT2D eigenvalue weighted by molar-refractivity contribution is 5.98. The average Bonchev–Trinajstić information content (AvgIpc) is 2.37. The Morgan fingerprint density at radius 2 is 2.28 bits per heavy atom. The Bertz CT molecular complexity index is 434. The summed E-state index contributed by atoms with van der Waals surface area (Å²) in [7, 11) is 1.40. The van der Waals surface area contributed by atoms with Crippen LogP contribution in [0.15, 0.2) is 18.3 Å². The number of methoxy groups -OCH3 is 1. The summed E-state index contributed by atoms with van der Waals surface area (Å²) in [6.45, 7) is 1.85. The number of nitrogens with zero attached hydrogens (tertiary/aromatic N) is 1. The molecule has 0 saturated heterocycles. The minimum Gasteiger partial charge on any atom is -0.480 e. The first-order valence-corrected chi connectivity index (χ1v) is 5.62. The van der Waals surface area contributed by atoms with E-state index in [9.17, 15) is 9.59 Å². The summed E-state index contributed by atoms with van der Waals surface area (Å²) in [6, 6.07) is 2.23. The lowest BCUT2D eigenvalue weighted by Gasteiger charge is -2.14. The second-order valence-electron chi connectivity index (χ2n) is 3.71. The smallest absolute Gasteiger partial charge is 0.326 e. The highest BCUT2D eigenvalue weighted by Crippen LogP contribution is 2.13. The Hall–Kier alpha value is -2.11. The van der Waals surface area contributed by atoms with Crippen LogP contribution in [0.2, 0.25) is 0 Å². The van der Waals surface area contributed by atoms with E-state index in [0.29, 0.717) is 12.8 Å². The van der Waals surface area contributed by atoms with Gasteiger partial charge in [-0.05, 0) is 18.6 Å². The van der Waals surface area contributed by atoms with Crippen LogP contribution in [-0.2, 0) is 4.79 Å². The lowest BCUT2D eigenvalue weighted by atomic mass is 10.1. The maximum atomic E-state index is 11.9. The second kappa shape index (κ2) is 6.58. The van der Waals surface area contributed by atoms with Crippen molar-refractivity contribution in [2.45, 2.75) is 25.8 Å². The highest BCUT2D eigenvalue weighted by atomic mass is 16.5. The first kappa shape index (κ1) is 14.0. The molecule has 0 aliphatic heterocycles. The van der Waals surface area contributed by atoms with Crippen molar-refractivity contribution >= 4 is 11.9 Å². The lowest BCUT2D eigenvalue weighted by molar-refractivity contribution is -0.139. The van der Waals surface area contributed by atoms with Gasteiger partial charge in [-0.25, -0.2) is 9.78 Å². The van der Waals surface area contributed by atoms with Crippen LogP contribution in [0.5, 0.6) is 5.88 Å². The van der Waals surface area contributed by atoms with E-state index in [2.05, 4.69) is 10.3 Å². The highest BCUT2D eigenvalue weighted by Gasteiger charge is 2.21. The van der Waals surface area contributed by atoms with E-state index in [0.717, 1.165) is 0 Å². The van der Waals surface area contributed by atoms with E-state index in [1.165, 1.54) is 19.4 Å². The van der Waals surface area contributed by atoms with E-state index in [4.69, 9.17) is 9.84 Å². The Morgan fingerprint density at radius 3 is 2.83 bits per heavy atom. The molecule has 1 heterocycles. The van der Waals surface area contributed by atoms with Crippen molar-refractivity contribution in [3.05, 3.63) is 23.9 Å². The quantitative estimate of drug-likeness (QED) is 0.790. The molecule has 0 aliphatic carbocycles. The van der Waals surface area contributed by atoms with Crippen LogP contribution < -0.4 is 10.1 Å². The van der Waals surface area contributed by atoms with Crippen molar-refractivity contribution in [1.29, 1.82) is 0 Å². The van der Waals surface area contributed by atoms with Gasteiger partial charge in [0.1, 0.15) is 11.6 Å². The number of carboxylic acid groups (broad SMARTS) is 1. The number of carbonyl (C=O) groups is 2. The molecule has 1 rings (SSSR count). The van der Waals surface area contributed by atoms with Crippen LogP contribution in [0.1, 0.15) is 30.1 Å². The fraction of sp³-hybridized carbons (Fsp3) is 0.417. The average molecular weight is 252 g/mol. The van der Waals surface area contributed by atoms with Crippen molar-refractivity contribution < 1.29 is 19.4 Å². The number of rotatable bonds is 6. The summed E-state index contributed by atoms with van der Waals surface area (Å²) in [5.74, 6) is -1.37. The molecule has 0 unspecified atom stereocenters. The van der Waals surface area contributed by atoms with Crippen LogP contribution in [0.3, 0.4) is 0 Å². The van der Waals surface area contributed by atoms with Gasteiger partial charge in [0.25, 0.3) is 5.91 Å². The topological polar surface area (TPSA) is 88.5 Å². The van der Waals surface area contributed by atoms with E-state index in [1.54, 1.807) is 6.07 Å². The van der Waals surface area contributed by atoms with Gasteiger partial charge in [0.15, 0.2) is 0 Å². The van der Waals surface area contributed by atoms with Gasteiger partial charge in [-0.2, -0.15) is 0 Å². The molecule has 2 N–H and O–H groups in total. The number of amides is 1. The van der Waals surface area contributed by atoms with E-state index in [1.807, 2.05) is 6.92 Å². The van der Waals surface area contributed by atoms with Gasteiger partial charge >= 0.3 is 5.97 Å². The predicted molar refractivity (Wildman–Crippen MR) is 64.6 cm³/mol. The van der Waals surface area contributed by atoms with Crippen LogP contribution >= 0.6 is 0 Å². The van der Waals surface area contributed by atoms with Gasteiger partial charge in [-0.15, -0.1) is 0 Å². The molecule has 0 aromatic carbocycles. The molecule has 6 heteroatoms. The fourth-order valence-corrected chi connectivity index (χ4v) is 1.51. The minimum atomic E-state index is -1.05. The van der Waals surface area contributed by atoms with Gasteiger partial charge in [-0.1, -0.05) is 13.3 Å². The van der Waals surface area contributed by atoms with Crippen molar-refractivity contribution in [3.8, 4) is 5.88 Å². The van der Waals surface area contributed by atoms with Gasteiger partial charge in [-0.3, -0.25) is 4.79 Å². The second-order valence-corrected chi connectivity index (χ2v) is 3.71. The number of hydrogen-bond acceptors (Lipinski definition) is 4. The number of carboxylic acids is 1. The number of pyridine rings is 1. The first-order valence-electron chi connectivity index (χ1n) is 5.62. The van der Waals surface area contributed by atoms with Crippen molar-refractivity contribution in [3.63, 3.8) is 0 Å². The standard InChI is InChI=1S/C12H16N2O4/c1-3-5-9(12(16)17)14-10(15)8-6-4-7-13-11(8)18-2/h4,6-7,9H,3,5H2,1-2H3,(H,14,15)(H,16,17)/t9-/m0/s1. The summed E-state index contributed by atoms with van der Waals surface area (Å²) >= 11 is 0. The normalized spacial score (nSPS) is 11.7. The molecule has 0 fully saturated rings. The molecule has 1 aromatic heterocycles. The van der Waals surface area contributed by atoms with Crippen LogP contribution in [-0.4, -0.2) is 35.1 Å². The molecule has 0 bridgehead atoms. The molecule has 0 aliphatic rings. The van der Waals surface area contributed by atoms with Gasteiger partial charge < -0.3 is 15.2 Å². The van der Waals surface area contributed by atoms with Crippen molar-refractivity contribution in [2.24, 2.45) is 0 Å². The van der Waals surface area contributed by atoms with Gasteiger partial charge in [0.05, 0.1) is 7.11 Å². The van der Waals surface area contributed by atoms with Crippen molar-refractivity contribution in [1.82, 2.24) is 10.3 Å². The molecule has 1 aromatic rings. The molecule has 0 radical (unpaired) electrons. The SMILES string of the molecule is CCC[C@H](NC(=O)c1cccnc1OC)C(=O)O. The lowest BCUT2D eigenvalue weighted by Crippen LogP contribution is -2.40. The summed E-state index contributed by atoms with van der Waals surface area (Å²) in [6.07, 6.45) is 2.54. The first-order chi connectivity index (χ1) is 8.60. The largest absolute Gasteiger partial charge is 0.480 e. The van der Waals surface area contributed by atoms with E-state index < -0.39 is 17.9 Å². The molecular formula is C12H16N2O4. The third-order valence-electron chi connectivity index (χ3n) is 2.39. The summed E-state index contributed by atoms with van der Waals surface area (Å²) in [5, 5.41) is 11.4. The third-order valence-corrected chi connectivity index (χ3v) is 2.39. The Morgan fingerprint density at radius 1 is 1.56 bits per heavy atom. The molecule has 6 nitrogen and oxygen atoms in total. The van der Waals surface area contributed by atoms with Crippen LogP contribution in [0.4, 0.5) is 0 Å². The monoisotopic (exact) mass is 252 g/mol. The van der Waals surface area contributed by atoms with E-state index in [-0.39, 0.29) is 11.4 Å². The zero-order valence-corrected chi connectivity index (χ0v) is 10.3. The Kier molecular flexibility index (Phi) is 5.10. The Labute approximate surface area is 105 Å². The van der Waals surface area contributed by atoms with Crippen LogP contribution in [0, 0.1) is 0 Å². The molecule has 0 saturated carbocycles. The van der Waals surface area contributed by atoms with Crippen molar-refractivity contribution in [2.75, 3.05) is 7.11 Å².